The lowest BCUT2D eigenvalue weighted by atomic mass is 10.1. The number of non-ortho nitro benzene ring substituents is 1. The van der Waals surface area contributed by atoms with Gasteiger partial charge in [0.15, 0.2) is 5.16 Å². The molecule has 0 aliphatic heterocycles. The quantitative estimate of drug-likeness (QED) is 0.334. The molecular formula is C19H18FN3O2S. The third-order valence-electron chi connectivity index (χ3n) is 3.71. The largest absolute Gasteiger partial charge is 0.287 e. The highest BCUT2D eigenvalue weighted by molar-refractivity contribution is 7.99. The summed E-state index contributed by atoms with van der Waals surface area (Å²) in [7, 11) is 0. The molecule has 7 heteroatoms. The Balaban J connectivity index is 2.11. The Morgan fingerprint density at radius 3 is 2.62 bits per heavy atom. The van der Waals surface area contributed by atoms with Crippen molar-refractivity contribution in [2.45, 2.75) is 19.0 Å². The maximum Gasteiger partial charge on any atom is 0.270 e. The van der Waals surface area contributed by atoms with Crippen molar-refractivity contribution in [3.63, 3.8) is 0 Å². The molecule has 2 aromatic carbocycles. The molecule has 0 saturated heterocycles. The van der Waals surface area contributed by atoms with Gasteiger partial charge in [0.05, 0.1) is 16.8 Å². The smallest absolute Gasteiger partial charge is 0.270 e. The molecule has 0 fully saturated rings. The highest BCUT2D eigenvalue weighted by Gasteiger charge is 2.16. The first-order chi connectivity index (χ1) is 12.5. The Hall–Kier alpha value is -2.67. The molecule has 1 heterocycles. The van der Waals surface area contributed by atoms with Crippen molar-refractivity contribution in [3.8, 4) is 16.9 Å². The maximum absolute atomic E-state index is 13.3. The number of hydrogen-bond acceptors (Lipinski definition) is 4. The molecule has 5 nitrogen and oxygen atoms in total. The van der Waals surface area contributed by atoms with E-state index < -0.39 is 4.92 Å². The second-order valence-corrected chi connectivity index (χ2v) is 7.24. The van der Waals surface area contributed by atoms with Crippen LogP contribution in [-0.2, 0) is 0 Å². The molecule has 0 atom stereocenters. The number of rotatable bonds is 6. The van der Waals surface area contributed by atoms with E-state index in [9.17, 15) is 14.5 Å². The van der Waals surface area contributed by atoms with Crippen LogP contribution in [0.4, 0.5) is 10.1 Å². The molecule has 26 heavy (non-hydrogen) atoms. The first kappa shape index (κ1) is 18.1. The van der Waals surface area contributed by atoms with E-state index in [1.165, 1.54) is 24.3 Å². The van der Waals surface area contributed by atoms with Gasteiger partial charge in [-0.2, -0.15) is 0 Å². The third kappa shape index (κ3) is 3.94. The number of thioether (sulfide) groups is 1. The van der Waals surface area contributed by atoms with Crippen LogP contribution >= 0.6 is 11.8 Å². The van der Waals surface area contributed by atoms with Gasteiger partial charge in [-0.15, -0.1) is 0 Å². The molecule has 0 saturated carbocycles. The fourth-order valence-electron chi connectivity index (χ4n) is 2.50. The van der Waals surface area contributed by atoms with Crippen molar-refractivity contribution in [2.75, 3.05) is 5.75 Å². The molecular weight excluding hydrogens is 353 g/mol. The van der Waals surface area contributed by atoms with Gasteiger partial charge in [0.2, 0.25) is 0 Å². The van der Waals surface area contributed by atoms with E-state index in [0.717, 1.165) is 22.3 Å². The van der Waals surface area contributed by atoms with E-state index in [-0.39, 0.29) is 11.5 Å². The summed E-state index contributed by atoms with van der Waals surface area (Å²) in [6.45, 7) is 4.25. The zero-order valence-corrected chi connectivity index (χ0v) is 15.2. The van der Waals surface area contributed by atoms with Gasteiger partial charge in [-0.05, 0) is 30.2 Å². The zero-order chi connectivity index (χ0) is 18.7. The Kier molecular flexibility index (Phi) is 5.37. The minimum absolute atomic E-state index is 0.0192. The summed E-state index contributed by atoms with van der Waals surface area (Å²) in [5, 5.41) is 11.9. The van der Waals surface area contributed by atoms with Gasteiger partial charge in [-0.25, -0.2) is 9.37 Å². The number of aromatic nitrogens is 2. The highest BCUT2D eigenvalue weighted by atomic mass is 32.2. The average Bonchev–Trinajstić information content (AvgIpc) is 3.04. The standard InChI is InChI=1S/C19H18FN3O2S/c1-13(2)12-26-19-21-11-18(14-4-3-5-17(10-14)23(24)25)22(19)16-8-6-15(20)7-9-16/h3-11,13H,12H2,1-2H3. The molecule has 3 rings (SSSR count). The number of nitro groups is 1. The maximum atomic E-state index is 13.3. The van der Waals surface area contributed by atoms with Crippen molar-refractivity contribution in [1.82, 2.24) is 9.55 Å². The summed E-state index contributed by atoms with van der Waals surface area (Å²) in [6, 6.07) is 12.6. The molecule has 1 aromatic heterocycles. The molecule has 134 valence electrons. The van der Waals surface area contributed by atoms with Gasteiger partial charge >= 0.3 is 0 Å². The molecule has 0 radical (unpaired) electrons. The number of imidazole rings is 1. The van der Waals surface area contributed by atoms with Crippen molar-refractivity contribution in [2.24, 2.45) is 5.92 Å². The van der Waals surface area contributed by atoms with E-state index in [1.54, 1.807) is 42.2 Å². The van der Waals surface area contributed by atoms with Crippen molar-refractivity contribution < 1.29 is 9.31 Å². The molecule has 0 bridgehead atoms. The van der Waals surface area contributed by atoms with Gasteiger partial charge in [-0.3, -0.25) is 14.7 Å². The lowest BCUT2D eigenvalue weighted by Crippen LogP contribution is -2.01. The molecule has 0 amide bonds. The van der Waals surface area contributed by atoms with Gasteiger partial charge < -0.3 is 0 Å². The monoisotopic (exact) mass is 371 g/mol. The SMILES string of the molecule is CC(C)CSc1ncc(-c2cccc([N+](=O)[O-])c2)n1-c1ccc(F)cc1. The van der Waals surface area contributed by atoms with Crippen LogP contribution in [-0.4, -0.2) is 20.2 Å². The van der Waals surface area contributed by atoms with E-state index in [2.05, 4.69) is 18.8 Å². The molecule has 0 aliphatic carbocycles. The summed E-state index contributed by atoms with van der Waals surface area (Å²) in [4.78, 5) is 15.2. The first-order valence-corrected chi connectivity index (χ1v) is 9.15. The highest BCUT2D eigenvalue weighted by Crippen LogP contribution is 2.32. The van der Waals surface area contributed by atoms with Crippen LogP contribution < -0.4 is 0 Å². The van der Waals surface area contributed by atoms with Crippen LogP contribution in [0, 0.1) is 21.8 Å². The van der Waals surface area contributed by atoms with E-state index in [4.69, 9.17) is 0 Å². The van der Waals surface area contributed by atoms with Crippen LogP contribution in [0.15, 0.2) is 59.9 Å². The number of benzene rings is 2. The second kappa shape index (κ2) is 7.70. The van der Waals surface area contributed by atoms with Crippen molar-refractivity contribution in [1.29, 1.82) is 0 Å². The van der Waals surface area contributed by atoms with E-state index in [0.29, 0.717) is 11.5 Å². The Labute approximate surface area is 155 Å². The number of hydrogen-bond donors (Lipinski definition) is 0. The predicted molar refractivity (Wildman–Crippen MR) is 101 cm³/mol. The Bertz CT molecular complexity index is 923. The van der Waals surface area contributed by atoms with Gasteiger partial charge in [-0.1, -0.05) is 37.7 Å². The molecule has 3 aromatic rings. The van der Waals surface area contributed by atoms with Crippen molar-refractivity contribution in [3.05, 3.63) is 70.7 Å². The fourth-order valence-corrected chi connectivity index (χ4v) is 3.44. The fraction of sp³-hybridized carbons (Fsp3) is 0.211. The number of halogens is 1. The normalized spacial score (nSPS) is 11.1. The summed E-state index contributed by atoms with van der Waals surface area (Å²) < 4.78 is 15.3. The van der Waals surface area contributed by atoms with E-state index >= 15 is 0 Å². The Morgan fingerprint density at radius 2 is 1.96 bits per heavy atom. The van der Waals surface area contributed by atoms with Crippen LogP contribution in [0.2, 0.25) is 0 Å². The minimum Gasteiger partial charge on any atom is -0.287 e. The molecule has 0 aliphatic rings. The summed E-state index contributed by atoms with van der Waals surface area (Å²) in [5.41, 5.74) is 2.20. The molecule has 0 N–H and O–H groups in total. The van der Waals surface area contributed by atoms with Crippen LogP contribution in [0.3, 0.4) is 0 Å². The molecule has 0 spiro atoms. The number of nitro benzene ring substituents is 1. The van der Waals surface area contributed by atoms with Gasteiger partial charge in [0.25, 0.3) is 5.69 Å². The van der Waals surface area contributed by atoms with E-state index in [1.807, 2.05) is 4.57 Å². The Morgan fingerprint density at radius 1 is 1.23 bits per heavy atom. The zero-order valence-electron chi connectivity index (χ0n) is 14.4. The first-order valence-electron chi connectivity index (χ1n) is 8.17. The van der Waals surface area contributed by atoms with Gasteiger partial charge in [0.1, 0.15) is 5.82 Å². The average molecular weight is 371 g/mol. The van der Waals surface area contributed by atoms with Crippen LogP contribution in [0.25, 0.3) is 16.9 Å². The molecule has 0 unspecified atom stereocenters. The lowest BCUT2D eigenvalue weighted by Gasteiger charge is -2.13. The predicted octanol–water partition coefficient (Wildman–Crippen LogP) is 5.33. The summed E-state index contributed by atoms with van der Waals surface area (Å²) in [6.07, 6.45) is 1.70. The topological polar surface area (TPSA) is 61.0 Å². The number of nitrogens with zero attached hydrogens (tertiary/aromatic N) is 3. The third-order valence-corrected chi connectivity index (χ3v) is 5.09. The minimum atomic E-state index is -0.420. The van der Waals surface area contributed by atoms with Crippen LogP contribution in [0.5, 0.6) is 0 Å². The second-order valence-electron chi connectivity index (χ2n) is 6.25. The summed E-state index contributed by atoms with van der Waals surface area (Å²) in [5.74, 6) is 1.05. The lowest BCUT2D eigenvalue weighted by molar-refractivity contribution is -0.384. The summed E-state index contributed by atoms with van der Waals surface area (Å²) >= 11 is 1.60. The van der Waals surface area contributed by atoms with Crippen LogP contribution in [0.1, 0.15) is 13.8 Å². The van der Waals surface area contributed by atoms with Gasteiger partial charge in [0, 0.05) is 29.1 Å². The van der Waals surface area contributed by atoms with Crippen molar-refractivity contribution >= 4 is 17.4 Å².